The average Bonchev–Trinajstić information content (AvgIpc) is 2.17. The molecule has 0 heterocycles. The van der Waals surface area contributed by atoms with Crippen LogP contribution >= 0.6 is 12.2 Å². The predicted molar refractivity (Wildman–Crippen MR) is 70.3 cm³/mol. The van der Waals surface area contributed by atoms with Crippen molar-refractivity contribution in [1.82, 2.24) is 0 Å². The van der Waals surface area contributed by atoms with E-state index in [4.69, 9.17) is 18.0 Å². The van der Waals surface area contributed by atoms with Gasteiger partial charge in [-0.25, -0.2) is 0 Å². The molecule has 1 aromatic carbocycles. The number of benzene rings is 1. The Morgan fingerprint density at radius 2 is 1.60 bits per heavy atom. The van der Waals surface area contributed by atoms with Crippen molar-refractivity contribution in [3.8, 4) is 0 Å². The molecule has 0 radical (unpaired) electrons. The van der Waals surface area contributed by atoms with Crippen LogP contribution in [0.3, 0.4) is 0 Å². The van der Waals surface area contributed by atoms with Crippen LogP contribution in [0.5, 0.6) is 0 Å². The summed E-state index contributed by atoms with van der Waals surface area (Å²) in [5.41, 5.74) is 8.23. The number of hydrogen-bond acceptors (Lipinski definition) is 1. The lowest BCUT2D eigenvalue weighted by atomic mass is 9.94. The van der Waals surface area contributed by atoms with Crippen LogP contribution in [-0.4, -0.2) is 4.99 Å². The van der Waals surface area contributed by atoms with Gasteiger partial charge in [0.05, 0.1) is 4.99 Å². The molecular formula is C13H19NS. The molecule has 0 bridgehead atoms. The van der Waals surface area contributed by atoms with E-state index in [1.807, 2.05) is 0 Å². The van der Waals surface area contributed by atoms with Gasteiger partial charge in [0.25, 0.3) is 0 Å². The largest absolute Gasteiger partial charge is 0.393 e. The molecule has 1 unspecified atom stereocenters. The zero-order valence-electron chi connectivity index (χ0n) is 9.66. The molecule has 1 nitrogen and oxygen atoms in total. The minimum atomic E-state index is 0.420. The molecule has 1 atom stereocenters. The van der Waals surface area contributed by atoms with E-state index >= 15 is 0 Å². The monoisotopic (exact) mass is 221 g/mol. The summed E-state index contributed by atoms with van der Waals surface area (Å²) >= 11 is 4.92. The maximum absolute atomic E-state index is 5.54. The Morgan fingerprint density at radius 3 is 2.00 bits per heavy atom. The van der Waals surface area contributed by atoms with Crippen LogP contribution in [0.4, 0.5) is 0 Å². The maximum atomic E-state index is 5.54. The van der Waals surface area contributed by atoms with Crippen LogP contribution in [0, 0.1) is 0 Å². The zero-order valence-corrected chi connectivity index (χ0v) is 10.5. The number of nitrogens with two attached hydrogens (primary N) is 1. The molecule has 1 rings (SSSR count). The number of hydrogen-bond donors (Lipinski definition) is 1. The van der Waals surface area contributed by atoms with Crippen LogP contribution in [0.1, 0.15) is 50.2 Å². The molecule has 82 valence electrons. The summed E-state index contributed by atoms with van der Waals surface area (Å²) in [5, 5.41) is 0. The molecular weight excluding hydrogens is 202 g/mol. The van der Waals surface area contributed by atoms with Crippen molar-refractivity contribution in [2.45, 2.75) is 39.0 Å². The van der Waals surface area contributed by atoms with Gasteiger partial charge in [0.15, 0.2) is 0 Å². The number of rotatable bonds is 4. The van der Waals surface area contributed by atoms with Crippen molar-refractivity contribution in [2.75, 3.05) is 0 Å². The van der Waals surface area contributed by atoms with E-state index in [-0.39, 0.29) is 0 Å². The van der Waals surface area contributed by atoms with Gasteiger partial charge in [0.1, 0.15) is 0 Å². The summed E-state index contributed by atoms with van der Waals surface area (Å²) in [6.45, 7) is 6.56. The Balaban J connectivity index is 2.75. The van der Waals surface area contributed by atoms with Crippen molar-refractivity contribution >= 4 is 17.2 Å². The quantitative estimate of drug-likeness (QED) is 0.786. The fourth-order valence-corrected chi connectivity index (χ4v) is 1.88. The normalized spacial score (nSPS) is 12.8. The summed E-state index contributed by atoms with van der Waals surface area (Å²) in [4.78, 5) is 0.593. The van der Waals surface area contributed by atoms with Gasteiger partial charge in [-0.2, -0.15) is 0 Å². The van der Waals surface area contributed by atoms with Crippen LogP contribution in [0.15, 0.2) is 24.3 Å². The molecule has 0 saturated carbocycles. The molecule has 0 aliphatic rings. The minimum Gasteiger partial charge on any atom is -0.393 e. The number of thiocarbonyl (C=S) groups is 1. The zero-order chi connectivity index (χ0) is 11.4. The molecule has 0 saturated heterocycles. The first-order valence-electron chi connectivity index (χ1n) is 5.39. The third kappa shape index (κ3) is 3.63. The second kappa shape index (κ2) is 5.26. The lowest BCUT2D eigenvalue weighted by Gasteiger charge is -2.12. The summed E-state index contributed by atoms with van der Waals surface area (Å²) < 4.78 is 0. The molecule has 15 heavy (non-hydrogen) atoms. The van der Waals surface area contributed by atoms with Gasteiger partial charge in [-0.05, 0) is 23.0 Å². The van der Waals surface area contributed by atoms with Crippen molar-refractivity contribution in [3.05, 3.63) is 35.4 Å². The average molecular weight is 221 g/mol. The van der Waals surface area contributed by atoms with Gasteiger partial charge >= 0.3 is 0 Å². The predicted octanol–water partition coefficient (Wildman–Crippen LogP) is 3.59. The Bertz CT molecular complexity index is 327. The van der Waals surface area contributed by atoms with Crippen LogP contribution in [0.25, 0.3) is 0 Å². The third-order valence-corrected chi connectivity index (χ3v) is 2.85. The second-order valence-corrected chi connectivity index (χ2v) is 4.92. The van der Waals surface area contributed by atoms with Gasteiger partial charge in [-0.15, -0.1) is 0 Å². The second-order valence-electron chi connectivity index (χ2n) is 4.39. The van der Waals surface area contributed by atoms with Crippen molar-refractivity contribution in [2.24, 2.45) is 5.73 Å². The van der Waals surface area contributed by atoms with Gasteiger partial charge < -0.3 is 5.73 Å². The highest BCUT2D eigenvalue weighted by Crippen LogP contribution is 2.22. The highest BCUT2D eigenvalue weighted by molar-refractivity contribution is 7.80. The summed E-state index contributed by atoms with van der Waals surface area (Å²) in [6, 6.07) is 8.74. The van der Waals surface area contributed by atoms with E-state index in [9.17, 15) is 0 Å². The maximum Gasteiger partial charge on any atom is 0.0733 e. The molecule has 0 aliphatic carbocycles. The van der Waals surface area contributed by atoms with E-state index in [0.717, 1.165) is 6.42 Å². The van der Waals surface area contributed by atoms with E-state index in [1.54, 1.807) is 0 Å². The molecule has 0 spiro atoms. The third-order valence-electron chi connectivity index (χ3n) is 2.68. The SMILES string of the molecule is CC(C)c1ccc(C(C)CC(N)=S)cc1. The smallest absolute Gasteiger partial charge is 0.0733 e. The molecule has 0 aromatic heterocycles. The van der Waals surface area contributed by atoms with E-state index in [2.05, 4.69) is 45.0 Å². The molecule has 1 aromatic rings. The Kier molecular flexibility index (Phi) is 4.28. The topological polar surface area (TPSA) is 26.0 Å². The van der Waals surface area contributed by atoms with Gasteiger partial charge in [-0.3, -0.25) is 0 Å². The Hall–Kier alpha value is -0.890. The van der Waals surface area contributed by atoms with Crippen LogP contribution in [-0.2, 0) is 0 Å². The molecule has 0 amide bonds. The Labute approximate surface area is 97.7 Å². The fourth-order valence-electron chi connectivity index (χ4n) is 1.63. The summed E-state index contributed by atoms with van der Waals surface area (Å²) in [5.74, 6) is 1.01. The fraction of sp³-hybridized carbons (Fsp3) is 0.462. The van der Waals surface area contributed by atoms with E-state index in [0.29, 0.717) is 16.8 Å². The minimum absolute atomic E-state index is 0.420. The molecule has 2 N–H and O–H groups in total. The van der Waals surface area contributed by atoms with Crippen molar-refractivity contribution in [3.63, 3.8) is 0 Å². The van der Waals surface area contributed by atoms with E-state index in [1.165, 1.54) is 11.1 Å². The molecule has 0 aliphatic heterocycles. The summed E-state index contributed by atoms with van der Waals surface area (Å²) in [7, 11) is 0. The van der Waals surface area contributed by atoms with E-state index < -0.39 is 0 Å². The first-order chi connectivity index (χ1) is 7.00. The lowest BCUT2D eigenvalue weighted by molar-refractivity contribution is 0.801. The van der Waals surface area contributed by atoms with Gasteiger partial charge in [0, 0.05) is 6.42 Å². The van der Waals surface area contributed by atoms with Gasteiger partial charge in [0.2, 0.25) is 0 Å². The van der Waals surface area contributed by atoms with Crippen LogP contribution < -0.4 is 5.73 Å². The van der Waals surface area contributed by atoms with Crippen molar-refractivity contribution < 1.29 is 0 Å². The van der Waals surface area contributed by atoms with Crippen LogP contribution in [0.2, 0.25) is 0 Å². The first-order valence-corrected chi connectivity index (χ1v) is 5.79. The molecule has 2 heteroatoms. The molecule has 0 fully saturated rings. The van der Waals surface area contributed by atoms with Gasteiger partial charge in [-0.1, -0.05) is 57.3 Å². The Morgan fingerprint density at radius 1 is 1.13 bits per heavy atom. The lowest BCUT2D eigenvalue weighted by Crippen LogP contribution is -2.11. The standard InChI is InChI=1S/C13H19NS/c1-9(2)11-4-6-12(7-5-11)10(3)8-13(14)15/h4-7,9-10H,8H2,1-3H3,(H2,14,15). The highest BCUT2D eigenvalue weighted by atomic mass is 32.1. The highest BCUT2D eigenvalue weighted by Gasteiger charge is 2.07. The summed E-state index contributed by atoms with van der Waals surface area (Å²) in [6.07, 6.45) is 0.788. The van der Waals surface area contributed by atoms with Crippen molar-refractivity contribution in [1.29, 1.82) is 0 Å². The first kappa shape index (κ1) is 12.2.